The quantitative estimate of drug-likeness (QED) is 0.483. The topological polar surface area (TPSA) is 52.3 Å². The molecule has 17 heavy (non-hydrogen) atoms. The number of hydrogen-bond acceptors (Lipinski definition) is 3. The minimum Gasteiger partial charge on any atom is -0.460 e. The van der Waals surface area contributed by atoms with Gasteiger partial charge in [0.05, 0.1) is 6.10 Å². The molecule has 92 valence electrons. The molecule has 0 heterocycles. The predicted octanol–water partition coefficient (Wildman–Crippen LogP) is 3.01. The van der Waals surface area contributed by atoms with Crippen LogP contribution >= 0.6 is 0 Å². The minimum atomic E-state index is -0.303. The first-order valence-electron chi connectivity index (χ1n) is 5.86. The van der Waals surface area contributed by atoms with Crippen molar-refractivity contribution >= 4 is 17.7 Å². The van der Waals surface area contributed by atoms with Crippen LogP contribution in [0.5, 0.6) is 0 Å². The summed E-state index contributed by atoms with van der Waals surface area (Å²) in [6.45, 7) is 3.97. The molecule has 0 amide bonds. The molecular weight excluding hydrogens is 214 g/mol. The SMILES string of the molecule is CCCC(C)OC(=O)/C=C/c1ccc(N)cc1. The van der Waals surface area contributed by atoms with Gasteiger partial charge in [-0.15, -0.1) is 0 Å². The fourth-order valence-electron chi connectivity index (χ4n) is 1.47. The zero-order valence-corrected chi connectivity index (χ0v) is 10.3. The van der Waals surface area contributed by atoms with E-state index in [4.69, 9.17) is 10.5 Å². The summed E-state index contributed by atoms with van der Waals surface area (Å²) < 4.78 is 5.19. The number of anilines is 1. The molecule has 0 aliphatic carbocycles. The van der Waals surface area contributed by atoms with Gasteiger partial charge in [-0.05, 0) is 37.1 Å². The average molecular weight is 233 g/mol. The fourth-order valence-corrected chi connectivity index (χ4v) is 1.47. The molecule has 1 aromatic rings. The Morgan fingerprint density at radius 3 is 2.65 bits per heavy atom. The van der Waals surface area contributed by atoms with Crippen molar-refractivity contribution in [2.75, 3.05) is 5.73 Å². The summed E-state index contributed by atoms with van der Waals surface area (Å²) in [6, 6.07) is 7.30. The number of benzene rings is 1. The maximum atomic E-state index is 11.4. The smallest absolute Gasteiger partial charge is 0.331 e. The second-order valence-electron chi connectivity index (χ2n) is 4.04. The maximum Gasteiger partial charge on any atom is 0.331 e. The van der Waals surface area contributed by atoms with Gasteiger partial charge in [0.2, 0.25) is 0 Å². The molecule has 0 saturated heterocycles. The monoisotopic (exact) mass is 233 g/mol. The standard InChI is InChI=1S/C14H19NO2/c1-3-4-11(2)17-14(16)10-7-12-5-8-13(15)9-6-12/h5-11H,3-4,15H2,1-2H3/b10-7+. The highest BCUT2D eigenvalue weighted by Gasteiger charge is 2.04. The van der Waals surface area contributed by atoms with Gasteiger partial charge in [0.1, 0.15) is 0 Å². The fraction of sp³-hybridized carbons (Fsp3) is 0.357. The van der Waals surface area contributed by atoms with E-state index in [1.165, 1.54) is 6.08 Å². The summed E-state index contributed by atoms with van der Waals surface area (Å²) in [6.07, 6.45) is 5.04. The maximum absolute atomic E-state index is 11.4. The molecule has 0 bridgehead atoms. The highest BCUT2D eigenvalue weighted by Crippen LogP contribution is 2.08. The van der Waals surface area contributed by atoms with Crippen LogP contribution in [0.1, 0.15) is 32.3 Å². The van der Waals surface area contributed by atoms with Gasteiger partial charge < -0.3 is 10.5 Å². The first-order valence-corrected chi connectivity index (χ1v) is 5.86. The molecule has 0 fully saturated rings. The van der Waals surface area contributed by atoms with Crippen molar-refractivity contribution in [3.8, 4) is 0 Å². The molecule has 1 atom stereocenters. The summed E-state index contributed by atoms with van der Waals surface area (Å²) in [7, 11) is 0. The van der Waals surface area contributed by atoms with Crippen LogP contribution in [0.25, 0.3) is 6.08 Å². The number of nitrogens with two attached hydrogens (primary N) is 1. The lowest BCUT2D eigenvalue weighted by Crippen LogP contribution is -2.12. The van der Waals surface area contributed by atoms with E-state index in [9.17, 15) is 4.79 Å². The number of rotatable bonds is 5. The summed E-state index contributed by atoms with van der Waals surface area (Å²) in [4.78, 5) is 11.4. The molecule has 1 unspecified atom stereocenters. The summed E-state index contributed by atoms with van der Waals surface area (Å²) in [5.41, 5.74) is 7.21. The molecule has 0 aromatic heterocycles. The Hall–Kier alpha value is -1.77. The van der Waals surface area contributed by atoms with E-state index in [0.717, 1.165) is 18.4 Å². The van der Waals surface area contributed by atoms with E-state index >= 15 is 0 Å². The second-order valence-corrected chi connectivity index (χ2v) is 4.04. The van der Waals surface area contributed by atoms with Crippen molar-refractivity contribution in [1.82, 2.24) is 0 Å². The van der Waals surface area contributed by atoms with Gasteiger partial charge in [-0.3, -0.25) is 0 Å². The molecule has 1 aromatic carbocycles. The lowest BCUT2D eigenvalue weighted by Gasteiger charge is -2.09. The van der Waals surface area contributed by atoms with Crippen LogP contribution in [0.3, 0.4) is 0 Å². The number of hydrogen-bond donors (Lipinski definition) is 1. The van der Waals surface area contributed by atoms with Crippen LogP contribution in [-0.4, -0.2) is 12.1 Å². The van der Waals surface area contributed by atoms with E-state index in [-0.39, 0.29) is 12.1 Å². The van der Waals surface area contributed by atoms with Gasteiger partial charge in [0.25, 0.3) is 0 Å². The highest BCUT2D eigenvalue weighted by atomic mass is 16.5. The molecular formula is C14H19NO2. The zero-order chi connectivity index (χ0) is 12.7. The molecule has 0 aliphatic rings. The Bertz CT molecular complexity index is 382. The number of carbonyl (C=O) groups is 1. The number of carbonyl (C=O) groups excluding carboxylic acids is 1. The Balaban J connectivity index is 2.47. The average Bonchev–Trinajstić information content (AvgIpc) is 2.28. The van der Waals surface area contributed by atoms with Crippen molar-refractivity contribution in [2.24, 2.45) is 0 Å². The van der Waals surface area contributed by atoms with Crippen LogP contribution in [0.4, 0.5) is 5.69 Å². The van der Waals surface area contributed by atoms with Crippen molar-refractivity contribution in [1.29, 1.82) is 0 Å². The van der Waals surface area contributed by atoms with Gasteiger partial charge in [-0.1, -0.05) is 25.5 Å². The highest BCUT2D eigenvalue weighted by molar-refractivity contribution is 5.87. The lowest BCUT2D eigenvalue weighted by molar-refractivity contribution is -0.142. The van der Waals surface area contributed by atoms with E-state index in [2.05, 4.69) is 6.92 Å². The van der Waals surface area contributed by atoms with Gasteiger partial charge in [0, 0.05) is 11.8 Å². The zero-order valence-electron chi connectivity index (χ0n) is 10.3. The molecule has 0 radical (unpaired) electrons. The van der Waals surface area contributed by atoms with Crippen molar-refractivity contribution in [3.05, 3.63) is 35.9 Å². The lowest BCUT2D eigenvalue weighted by atomic mass is 10.2. The third-order valence-electron chi connectivity index (χ3n) is 2.36. The van der Waals surface area contributed by atoms with Gasteiger partial charge in [-0.2, -0.15) is 0 Å². The van der Waals surface area contributed by atoms with Crippen LogP contribution < -0.4 is 5.73 Å². The van der Waals surface area contributed by atoms with Crippen LogP contribution in [0, 0.1) is 0 Å². The largest absolute Gasteiger partial charge is 0.460 e. The van der Waals surface area contributed by atoms with Crippen molar-refractivity contribution < 1.29 is 9.53 Å². The molecule has 0 aliphatic heterocycles. The summed E-state index contributed by atoms with van der Waals surface area (Å²) >= 11 is 0. The van der Waals surface area contributed by atoms with Crippen molar-refractivity contribution in [2.45, 2.75) is 32.8 Å². The van der Waals surface area contributed by atoms with Crippen molar-refractivity contribution in [3.63, 3.8) is 0 Å². The Morgan fingerprint density at radius 1 is 1.41 bits per heavy atom. The first kappa shape index (κ1) is 13.3. The van der Waals surface area contributed by atoms with Gasteiger partial charge in [0.15, 0.2) is 0 Å². The Morgan fingerprint density at radius 2 is 2.06 bits per heavy atom. The third-order valence-corrected chi connectivity index (χ3v) is 2.36. The number of nitrogen functional groups attached to an aromatic ring is 1. The molecule has 3 heteroatoms. The van der Waals surface area contributed by atoms with Crippen LogP contribution in [-0.2, 0) is 9.53 Å². The van der Waals surface area contributed by atoms with E-state index in [1.807, 2.05) is 19.1 Å². The van der Waals surface area contributed by atoms with E-state index < -0.39 is 0 Å². The van der Waals surface area contributed by atoms with E-state index in [0.29, 0.717) is 5.69 Å². The Labute approximate surface area is 102 Å². The first-order chi connectivity index (χ1) is 8.11. The summed E-state index contributed by atoms with van der Waals surface area (Å²) in [5, 5.41) is 0. The molecule has 1 rings (SSSR count). The third kappa shape index (κ3) is 5.20. The van der Waals surface area contributed by atoms with Gasteiger partial charge >= 0.3 is 5.97 Å². The van der Waals surface area contributed by atoms with Crippen LogP contribution in [0.15, 0.2) is 30.3 Å². The molecule has 3 nitrogen and oxygen atoms in total. The second kappa shape index (κ2) is 6.74. The minimum absolute atomic E-state index is 0.0245. The molecule has 2 N–H and O–H groups in total. The predicted molar refractivity (Wildman–Crippen MR) is 70.4 cm³/mol. The van der Waals surface area contributed by atoms with E-state index in [1.54, 1.807) is 18.2 Å². The molecule has 0 saturated carbocycles. The summed E-state index contributed by atoms with van der Waals surface area (Å²) in [5.74, 6) is -0.303. The number of esters is 1. The molecule has 0 spiro atoms. The number of ether oxygens (including phenoxy) is 1. The van der Waals surface area contributed by atoms with Crippen LogP contribution in [0.2, 0.25) is 0 Å². The normalized spacial score (nSPS) is 12.6. The Kier molecular flexibility index (Phi) is 5.27. The van der Waals surface area contributed by atoms with Gasteiger partial charge in [-0.25, -0.2) is 4.79 Å².